The molecular formula is C14H13BrN4O2S2. The number of nitrogens with one attached hydrogen (secondary N) is 2. The summed E-state index contributed by atoms with van der Waals surface area (Å²) < 4.78 is 27.8. The van der Waals surface area contributed by atoms with Gasteiger partial charge in [0.25, 0.3) is 0 Å². The van der Waals surface area contributed by atoms with Crippen molar-refractivity contribution in [1.29, 1.82) is 0 Å². The van der Waals surface area contributed by atoms with Crippen LogP contribution in [0.1, 0.15) is 0 Å². The Labute approximate surface area is 146 Å². The van der Waals surface area contributed by atoms with Gasteiger partial charge in [-0.05, 0) is 29.6 Å². The largest absolute Gasteiger partial charge is 0.368 e. The van der Waals surface area contributed by atoms with Gasteiger partial charge in [-0.15, -0.1) is 11.3 Å². The zero-order valence-corrected chi connectivity index (χ0v) is 15.1. The lowest BCUT2D eigenvalue weighted by Gasteiger charge is -2.09. The van der Waals surface area contributed by atoms with Gasteiger partial charge < -0.3 is 5.32 Å². The Morgan fingerprint density at radius 2 is 2.04 bits per heavy atom. The normalized spacial score (nSPS) is 11.7. The summed E-state index contributed by atoms with van der Waals surface area (Å²) >= 11 is 4.61. The van der Waals surface area contributed by atoms with Gasteiger partial charge in [0.05, 0.1) is 5.52 Å². The van der Waals surface area contributed by atoms with Gasteiger partial charge in [-0.1, -0.05) is 22.0 Å². The third-order valence-electron chi connectivity index (χ3n) is 3.07. The number of nitrogens with zero attached hydrogens (tertiary/aromatic N) is 2. The van der Waals surface area contributed by atoms with Crippen molar-refractivity contribution in [3.8, 4) is 0 Å². The lowest BCUT2D eigenvalue weighted by molar-refractivity contribution is 0.585. The molecule has 0 saturated carbocycles. The molecule has 0 unspecified atom stereocenters. The number of fused-ring (bicyclic) bond motifs is 1. The number of thiophene rings is 1. The van der Waals surface area contributed by atoms with E-state index in [1.165, 1.54) is 17.7 Å². The van der Waals surface area contributed by atoms with Crippen LogP contribution in [0.2, 0.25) is 0 Å². The Morgan fingerprint density at radius 3 is 2.83 bits per heavy atom. The first-order chi connectivity index (χ1) is 11.1. The zero-order valence-electron chi connectivity index (χ0n) is 11.9. The van der Waals surface area contributed by atoms with Crippen molar-refractivity contribution in [2.24, 2.45) is 0 Å². The maximum atomic E-state index is 12.0. The van der Waals surface area contributed by atoms with E-state index in [1.807, 2.05) is 18.2 Å². The van der Waals surface area contributed by atoms with Gasteiger partial charge in [-0.2, -0.15) is 0 Å². The summed E-state index contributed by atoms with van der Waals surface area (Å²) in [7, 11) is -3.43. The molecule has 1 aromatic carbocycles. The molecule has 23 heavy (non-hydrogen) atoms. The molecule has 0 aliphatic carbocycles. The molecule has 3 rings (SSSR count). The smallest absolute Gasteiger partial charge is 0.250 e. The molecule has 0 fully saturated rings. The molecule has 3 aromatic rings. The van der Waals surface area contributed by atoms with E-state index in [4.69, 9.17) is 0 Å². The zero-order chi connectivity index (χ0) is 16.3. The molecule has 0 bridgehead atoms. The number of hydrogen-bond donors (Lipinski definition) is 2. The maximum Gasteiger partial charge on any atom is 0.250 e. The SMILES string of the molecule is O=S(=O)(NCCNc1ncnc2ccc(Br)cc12)c1cccs1. The minimum Gasteiger partial charge on any atom is -0.368 e. The quantitative estimate of drug-likeness (QED) is 0.608. The Bertz CT molecular complexity index is 914. The molecule has 0 radical (unpaired) electrons. The predicted molar refractivity (Wildman–Crippen MR) is 95.2 cm³/mol. The highest BCUT2D eigenvalue weighted by molar-refractivity contribution is 9.10. The van der Waals surface area contributed by atoms with Gasteiger partial charge in [0, 0.05) is 22.9 Å². The van der Waals surface area contributed by atoms with E-state index in [-0.39, 0.29) is 6.54 Å². The van der Waals surface area contributed by atoms with E-state index in [1.54, 1.807) is 17.5 Å². The second-order valence-electron chi connectivity index (χ2n) is 4.64. The predicted octanol–water partition coefficient (Wildman–Crippen LogP) is 2.84. The molecule has 0 aliphatic heterocycles. The highest BCUT2D eigenvalue weighted by Gasteiger charge is 2.13. The number of sulfonamides is 1. The van der Waals surface area contributed by atoms with E-state index < -0.39 is 10.0 Å². The van der Waals surface area contributed by atoms with Crippen LogP contribution in [0.4, 0.5) is 5.82 Å². The molecule has 2 aromatic heterocycles. The summed E-state index contributed by atoms with van der Waals surface area (Å²) in [6.45, 7) is 0.683. The minimum absolute atomic E-state index is 0.264. The van der Waals surface area contributed by atoms with Crippen LogP contribution in [0, 0.1) is 0 Å². The molecule has 0 amide bonds. The van der Waals surface area contributed by atoms with Crippen LogP contribution in [0.25, 0.3) is 10.9 Å². The average molecular weight is 413 g/mol. The summed E-state index contributed by atoms with van der Waals surface area (Å²) in [5.41, 5.74) is 0.824. The molecule has 0 saturated heterocycles. The third kappa shape index (κ3) is 3.86. The Balaban J connectivity index is 1.64. The standard InChI is InChI=1S/C14H13BrN4O2S2/c15-10-3-4-12-11(8-10)14(18-9-17-12)16-5-6-19-23(20,21)13-2-1-7-22-13/h1-4,7-9,19H,5-6H2,(H,16,17,18). The first kappa shape index (κ1) is 16.3. The molecule has 9 heteroatoms. The lowest BCUT2D eigenvalue weighted by atomic mass is 10.2. The number of hydrogen-bond acceptors (Lipinski definition) is 6. The summed E-state index contributed by atoms with van der Waals surface area (Å²) in [6, 6.07) is 9.02. The lowest BCUT2D eigenvalue weighted by Crippen LogP contribution is -2.28. The van der Waals surface area contributed by atoms with E-state index in [0.717, 1.165) is 15.4 Å². The van der Waals surface area contributed by atoms with E-state index >= 15 is 0 Å². The van der Waals surface area contributed by atoms with E-state index in [9.17, 15) is 8.42 Å². The van der Waals surface area contributed by atoms with Crippen molar-refractivity contribution in [1.82, 2.24) is 14.7 Å². The Morgan fingerprint density at radius 1 is 1.17 bits per heavy atom. The van der Waals surface area contributed by atoms with Crippen LogP contribution in [0.5, 0.6) is 0 Å². The third-order valence-corrected chi connectivity index (χ3v) is 6.42. The molecule has 0 spiro atoms. The van der Waals surface area contributed by atoms with Crippen molar-refractivity contribution in [3.63, 3.8) is 0 Å². The fraction of sp³-hybridized carbons (Fsp3) is 0.143. The van der Waals surface area contributed by atoms with E-state index in [0.29, 0.717) is 16.6 Å². The fourth-order valence-electron chi connectivity index (χ4n) is 2.02. The van der Waals surface area contributed by atoms with Crippen molar-refractivity contribution < 1.29 is 8.42 Å². The van der Waals surface area contributed by atoms with Crippen molar-refractivity contribution in [3.05, 3.63) is 46.5 Å². The molecule has 2 N–H and O–H groups in total. The van der Waals surface area contributed by atoms with Gasteiger partial charge in [-0.25, -0.2) is 23.1 Å². The molecular weight excluding hydrogens is 400 g/mol. The van der Waals surface area contributed by atoms with Gasteiger partial charge in [0.2, 0.25) is 10.0 Å². The topological polar surface area (TPSA) is 84.0 Å². The summed E-state index contributed by atoms with van der Waals surface area (Å²) in [4.78, 5) is 8.42. The minimum atomic E-state index is -3.43. The van der Waals surface area contributed by atoms with E-state index in [2.05, 4.69) is 35.9 Å². The number of halogens is 1. The number of benzene rings is 1. The molecule has 6 nitrogen and oxygen atoms in total. The summed E-state index contributed by atoms with van der Waals surface area (Å²) in [6.07, 6.45) is 1.48. The van der Waals surface area contributed by atoms with Crippen LogP contribution < -0.4 is 10.0 Å². The monoisotopic (exact) mass is 412 g/mol. The van der Waals surface area contributed by atoms with Crippen LogP contribution in [-0.2, 0) is 10.0 Å². The highest BCUT2D eigenvalue weighted by Crippen LogP contribution is 2.23. The second kappa shape index (κ2) is 6.91. The van der Waals surface area contributed by atoms with Crippen LogP contribution >= 0.6 is 27.3 Å². The number of aromatic nitrogens is 2. The second-order valence-corrected chi connectivity index (χ2v) is 8.50. The molecule has 120 valence electrons. The van der Waals surface area contributed by atoms with Crippen molar-refractivity contribution in [2.75, 3.05) is 18.4 Å². The summed E-state index contributed by atoms with van der Waals surface area (Å²) in [5, 5.41) is 5.75. The first-order valence-electron chi connectivity index (χ1n) is 6.73. The Hall–Kier alpha value is -1.55. The Kier molecular flexibility index (Phi) is 4.90. The van der Waals surface area contributed by atoms with Crippen LogP contribution in [0.15, 0.2) is 50.7 Å². The fourth-order valence-corrected chi connectivity index (χ4v) is 4.45. The molecule has 0 atom stereocenters. The van der Waals surface area contributed by atoms with Crippen LogP contribution in [-0.4, -0.2) is 31.5 Å². The molecule has 2 heterocycles. The maximum absolute atomic E-state index is 12.0. The average Bonchev–Trinajstić information content (AvgIpc) is 3.07. The van der Waals surface area contributed by atoms with Gasteiger partial charge in [0.1, 0.15) is 16.4 Å². The number of anilines is 1. The van der Waals surface area contributed by atoms with Gasteiger partial charge in [0.15, 0.2) is 0 Å². The summed E-state index contributed by atoms with van der Waals surface area (Å²) in [5.74, 6) is 0.673. The van der Waals surface area contributed by atoms with Crippen molar-refractivity contribution >= 4 is 54.0 Å². The molecule has 0 aliphatic rings. The first-order valence-corrected chi connectivity index (χ1v) is 9.89. The highest BCUT2D eigenvalue weighted by atomic mass is 79.9. The van der Waals surface area contributed by atoms with Gasteiger partial charge in [-0.3, -0.25) is 0 Å². The van der Waals surface area contributed by atoms with Crippen molar-refractivity contribution in [2.45, 2.75) is 4.21 Å². The van der Waals surface area contributed by atoms with Crippen LogP contribution in [0.3, 0.4) is 0 Å². The van der Waals surface area contributed by atoms with Gasteiger partial charge >= 0.3 is 0 Å². The number of rotatable bonds is 6.